The van der Waals surface area contributed by atoms with Crippen molar-refractivity contribution in [2.45, 2.75) is 6.18 Å². The second-order valence-corrected chi connectivity index (χ2v) is 4.75. The average molecular weight is 342 g/mol. The van der Waals surface area contributed by atoms with Gasteiger partial charge in [0, 0.05) is 0 Å². The van der Waals surface area contributed by atoms with Gasteiger partial charge in [0.1, 0.15) is 11.6 Å². The zero-order chi connectivity index (χ0) is 17.5. The molecule has 0 saturated carbocycles. The first-order valence-electron chi connectivity index (χ1n) is 6.50. The largest absolute Gasteiger partial charge is 0.446 e. The molecule has 1 aromatic heterocycles. The number of aromatic nitrogens is 2. The van der Waals surface area contributed by atoms with Gasteiger partial charge in [0.05, 0.1) is 16.8 Å². The van der Waals surface area contributed by atoms with E-state index in [1.807, 2.05) is 0 Å². The first-order chi connectivity index (χ1) is 11.3. The molecule has 0 atom stereocenters. The summed E-state index contributed by atoms with van der Waals surface area (Å²) in [4.78, 5) is 11.8. The van der Waals surface area contributed by atoms with Crippen molar-refractivity contribution in [1.29, 1.82) is 0 Å². The van der Waals surface area contributed by atoms with Crippen LogP contribution >= 0.6 is 0 Å². The third-order valence-corrected chi connectivity index (χ3v) is 3.24. The summed E-state index contributed by atoms with van der Waals surface area (Å²) in [6, 6.07) is 6.44. The fraction of sp³-hybridized carbons (Fsp3) is 0.0667. The van der Waals surface area contributed by atoms with E-state index in [4.69, 9.17) is 0 Å². The Hall–Kier alpha value is -2.97. The lowest BCUT2D eigenvalue weighted by molar-refractivity contribution is -0.137. The highest BCUT2D eigenvalue weighted by molar-refractivity contribution is 5.59. The van der Waals surface area contributed by atoms with Gasteiger partial charge in [-0.15, -0.1) is 0 Å². The maximum absolute atomic E-state index is 13.9. The molecular formula is C15H7F5N2O2. The van der Waals surface area contributed by atoms with Gasteiger partial charge >= 0.3 is 11.9 Å². The lowest BCUT2D eigenvalue weighted by atomic mass is 10.1. The van der Waals surface area contributed by atoms with Crippen LogP contribution in [0.3, 0.4) is 0 Å². The highest BCUT2D eigenvalue weighted by atomic mass is 19.4. The van der Waals surface area contributed by atoms with Gasteiger partial charge in [-0.05, 0) is 36.4 Å². The molecule has 2 aromatic carbocycles. The van der Waals surface area contributed by atoms with Gasteiger partial charge in [-0.1, -0.05) is 11.2 Å². The molecule has 24 heavy (non-hydrogen) atoms. The minimum atomic E-state index is -4.56. The average Bonchev–Trinajstić information content (AvgIpc) is 2.88. The Bertz CT molecular complexity index is 921. The van der Waals surface area contributed by atoms with Gasteiger partial charge in [-0.3, -0.25) is 4.52 Å². The van der Waals surface area contributed by atoms with Crippen LogP contribution in [0.15, 0.2) is 51.8 Å². The zero-order valence-electron chi connectivity index (χ0n) is 11.6. The zero-order valence-corrected chi connectivity index (χ0v) is 11.6. The summed E-state index contributed by atoms with van der Waals surface area (Å²) in [6.07, 6.45) is -4.56. The monoisotopic (exact) mass is 342 g/mol. The molecular weight excluding hydrogens is 335 g/mol. The molecule has 0 saturated heterocycles. The van der Waals surface area contributed by atoms with Crippen molar-refractivity contribution < 1.29 is 26.5 Å². The van der Waals surface area contributed by atoms with Crippen LogP contribution in [-0.4, -0.2) is 9.72 Å². The molecule has 0 aliphatic carbocycles. The molecule has 124 valence electrons. The third kappa shape index (κ3) is 2.68. The van der Waals surface area contributed by atoms with E-state index in [0.717, 1.165) is 42.5 Å². The molecule has 0 amide bonds. The molecule has 3 rings (SSSR count). The van der Waals surface area contributed by atoms with Gasteiger partial charge in [0.2, 0.25) is 0 Å². The van der Waals surface area contributed by atoms with E-state index in [1.165, 1.54) is 0 Å². The van der Waals surface area contributed by atoms with Crippen LogP contribution < -0.4 is 5.76 Å². The lowest BCUT2D eigenvalue weighted by Gasteiger charge is -2.09. The molecule has 1 heterocycles. The fourth-order valence-electron chi connectivity index (χ4n) is 2.15. The van der Waals surface area contributed by atoms with Gasteiger partial charge in [0.25, 0.3) is 0 Å². The minimum Gasteiger partial charge on any atom is -0.295 e. The molecule has 0 spiro atoms. The molecule has 0 aliphatic rings. The summed E-state index contributed by atoms with van der Waals surface area (Å²) in [5.41, 5.74) is -1.63. The first kappa shape index (κ1) is 15.9. The lowest BCUT2D eigenvalue weighted by Crippen LogP contribution is -2.14. The van der Waals surface area contributed by atoms with E-state index in [9.17, 15) is 26.7 Å². The van der Waals surface area contributed by atoms with Crippen LogP contribution in [-0.2, 0) is 6.18 Å². The number of benzene rings is 2. The minimum absolute atomic E-state index is 0.0769. The predicted molar refractivity (Wildman–Crippen MR) is 72.5 cm³/mol. The van der Waals surface area contributed by atoms with Crippen LogP contribution in [0, 0.1) is 11.6 Å². The van der Waals surface area contributed by atoms with E-state index in [1.54, 1.807) is 0 Å². The Morgan fingerprint density at radius 1 is 0.958 bits per heavy atom. The number of hydrogen-bond acceptors (Lipinski definition) is 3. The third-order valence-electron chi connectivity index (χ3n) is 3.24. The van der Waals surface area contributed by atoms with Gasteiger partial charge < -0.3 is 0 Å². The van der Waals surface area contributed by atoms with E-state index in [0.29, 0.717) is 4.57 Å². The van der Waals surface area contributed by atoms with Gasteiger partial charge in [0.15, 0.2) is 5.82 Å². The summed E-state index contributed by atoms with van der Waals surface area (Å²) in [5, 5.41) is 3.33. The molecule has 0 bridgehead atoms. The van der Waals surface area contributed by atoms with Crippen molar-refractivity contribution in [1.82, 2.24) is 9.72 Å². The smallest absolute Gasteiger partial charge is 0.295 e. The Morgan fingerprint density at radius 2 is 1.54 bits per heavy atom. The van der Waals surface area contributed by atoms with Crippen LogP contribution in [0.1, 0.15) is 5.56 Å². The molecule has 3 aromatic rings. The summed E-state index contributed by atoms with van der Waals surface area (Å²) < 4.78 is 70.6. The normalized spacial score (nSPS) is 11.7. The van der Waals surface area contributed by atoms with E-state index < -0.39 is 40.5 Å². The summed E-state index contributed by atoms with van der Waals surface area (Å²) in [7, 11) is 0. The van der Waals surface area contributed by atoms with Gasteiger partial charge in [-0.25, -0.2) is 18.1 Å². The molecule has 0 N–H and O–H groups in total. The summed E-state index contributed by atoms with van der Waals surface area (Å²) >= 11 is 0. The maximum Gasteiger partial charge on any atom is 0.446 e. The molecule has 0 fully saturated rings. The first-order valence-corrected chi connectivity index (χ1v) is 6.50. The van der Waals surface area contributed by atoms with Crippen LogP contribution in [0.2, 0.25) is 0 Å². The summed E-state index contributed by atoms with van der Waals surface area (Å²) in [6.45, 7) is 0. The number of nitrogens with zero attached hydrogens (tertiary/aromatic N) is 2. The molecule has 0 unspecified atom stereocenters. The van der Waals surface area contributed by atoms with E-state index in [-0.39, 0.29) is 5.69 Å². The highest BCUT2D eigenvalue weighted by Gasteiger charge is 2.30. The number of hydrogen-bond donors (Lipinski definition) is 0. The van der Waals surface area contributed by atoms with Crippen molar-refractivity contribution in [2.24, 2.45) is 0 Å². The highest BCUT2D eigenvalue weighted by Crippen LogP contribution is 2.30. The SMILES string of the molecule is O=c1onc(-c2c(F)cccc2F)n1-c1ccc(C(F)(F)F)cc1. The number of halogens is 5. The number of rotatable bonds is 2. The predicted octanol–water partition coefficient (Wildman–Crippen LogP) is 3.79. The molecule has 9 heteroatoms. The van der Waals surface area contributed by atoms with Crippen molar-refractivity contribution >= 4 is 0 Å². The van der Waals surface area contributed by atoms with E-state index in [2.05, 4.69) is 9.68 Å². The van der Waals surface area contributed by atoms with Crippen molar-refractivity contribution in [3.05, 3.63) is 70.2 Å². The topological polar surface area (TPSA) is 48.0 Å². The van der Waals surface area contributed by atoms with Crippen molar-refractivity contribution in [3.63, 3.8) is 0 Å². The fourth-order valence-corrected chi connectivity index (χ4v) is 2.15. The van der Waals surface area contributed by atoms with Gasteiger partial charge in [-0.2, -0.15) is 13.2 Å². The van der Waals surface area contributed by atoms with Crippen LogP contribution in [0.25, 0.3) is 17.1 Å². The van der Waals surface area contributed by atoms with E-state index >= 15 is 0 Å². The second-order valence-electron chi connectivity index (χ2n) is 4.75. The molecule has 4 nitrogen and oxygen atoms in total. The Balaban J connectivity index is 2.17. The Labute approximate surface area is 130 Å². The maximum atomic E-state index is 13.9. The standard InChI is InChI=1S/C15H7F5N2O2/c16-10-2-1-3-11(17)12(10)13-21-24-14(23)22(13)9-6-4-8(5-7-9)15(18,19)20/h1-7H. The summed E-state index contributed by atoms with van der Waals surface area (Å²) in [5.74, 6) is -3.57. The van der Waals surface area contributed by atoms with Crippen LogP contribution in [0.5, 0.6) is 0 Å². The number of alkyl halides is 3. The van der Waals surface area contributed by atoms with Crippen molar-refractivity contribution in [2.75, 3.05) is 0 Å². The quantitative estimate of drug-likeness (QED) is 0.666. The van der Waals surface area contributed by atoms with Crippen LogP contribution in [0.4, 0.5) is 22.0 Å². The second kappa shape index (κ2) is 5.59. The Morgan fingerprint density at radius 3 is 2.08 bits per heavy atom. The molecule has 0 aliphatic heterocycles. The van der Waals surface area contributed by atoms with Crippen molar-refractivity contribution in [3.8, 4) is 17.1 Å². The molecule has 0 radical (unpaired) electrons. The Kier molecular flexibility index (Phi) is 3.70.